The third-order valence-corrected chi connectivity index (χ3v) is 4.59. The molecule has 0 radical (unpaired) electrons. The zero-order chi connectivity index (χ0) is 19.6. The number of aryl methyl sites for hydroxylation is 2. The smallest absolute Gasteiger partial charge is 0.280 e. The molecule has 0 spiro atoms. The molecule has 4 nitrogen and oxygen atoms in total. The molecule has 0 amide bonds. The topological polar surface area (TPSA) is 50.1 Å². The van der Waals surface area contributed by atoms with Gasteiger partial charge in [-0.2, -0.15) is 0 Å². The third-order valence-electron chi connectivity index (χ3n) is 4.36. The summed E-state index contributed by atoms with van der Waals surface area (Å²) < 4.78 is 14.7. The Morgan fingerprint density at radius 2 is 1.93 bits per heavy atom. The Morgan fingerprint density at radius 1 is 1.22 bits per heavy atom. The molecule has 0 aliphatic heterocycles. The molecule has 0 saturated heterocycles. The Kier molecular flexibility index (Phi) is 5.61. The Bertz CT molecular complexity index is 1050. The van der Waals surface area contributed by atoms with Crippen molar-refractivity contribution in [2.45, 2.75) is 33.6 Å². The van der Waals surface area contributed by atoms with E-state index >= 15 is 0 Å². The summed E-state index contributed by atoms with van der Waals surface area (Å²) in [6, 6.07) is 11.3. The predicted octanol–water partition coefficient (Wildman–Crippen LogP) is 5.36. The van der Waals surface area contributed by atoms with Crippen LogP contribution in [-0.2, 0) is 6.42 Å². The zero-order valence-electron chi connectivity index (χ0n) is 15.5. The molecule has 27 heavy (non-hydrogen) atoms. The van der Waals surface area contributed by atoms with Gasteiger partial charge in [-0.05, 0) is 68.3 Å². The van der Waals surface area contributed by atoms with E-state index in [4.69, 9.17) is 11.6 Å². The van der Waals surface area contributed by atoms with Gasteiger partial charge in [0.1, 0.15) is 5.82 Å². The summed E-state index contributed by atoms with van der Waals surface area (Å²) in [4.78, 5) is 17.7. The number of hydrogen-bond donors (Lipinski definition) is 1. The van der Waals surface area contributed by atoms with E-state index in [2.05, 4.69) is 10.1 Å². The second kappa shape index (κ2) is 7.92. The first kappa shape index (κ1) is 19.1. The molecule has 1 heterocycles. The molecule has 0 bridgehead atoms. The van der Waals surface area contributed by atoms with Gasteiger partial charge >= 0.3 is 0 Å². The Morgan fingerprint density at radius 3 is 2.56 bits per heavy atom. The number of hydrogen-bond acceptors (Lipinski definition) is 2. The quantitative estimate of drug-likeness (QED) is 0.590. The zero-order valence-corrected chi connectivity index (χ0v) is 16.3. The number of aromatic amines is 1. The van der Waals surface area contributed by atoms with Gasteiger partial charge in [0.05, 0.1) is 22.6 Å². The highest BCUT2D eigenvalue weighted by Crippen LogP contribution is 2.23. The number of H-pyrrole nitrogens is 1. The molecular formula is C21H21ClFN3O. The molecule has 0 aliphatic rings. The molecule has 2 aromatic carbocycles. The molecular weight excluding hydrogens is 365 g/mol. The molecule has 0 atom stereocenters. The monoisotopic (exact) mass is 385 g/mol. The second-order valence-corrected chi connectivity index (χ2v) is 6.90. The van der Waals surface area contributed by atoms with E-state index in [1.165, 1.54) is 16.8 Å². The summed E-state index contributed by atoms with van der Waals surface area (Å²) >= 11 is 6.01. The lowest BCUT2D eigenvalue weighted by Gasteiger charge is -2.04. The summed E-state index contributed by atoms with van der Waals surface area (Å²) in [5.74, 6) is -0.344. The number of nitrogens with zero attached hydrogens (tertiary/aromatic N) is 2. The van der Waals surface area contributed by atoms with Crippen LogP contribution in [0.4, 0.5) is 10.1 Å². The van der Waals surface area contributed by atoms with Crippen molar-refractivity contribution in [1.82, 2.24) is 9.78 Å². The minimum absolute atomic E-state index is 0.196. The molecule has 0 saturated carbocycles. The van der Waals surface area contributed by atoms with Gasteiger partial charge in [0.15, 0.2) is 0 Å². The highest BCUT2D eigenvalue weighted by Gasteiger charge is 2.17. The molecule has 6 heteroatoms. The van der Waals surface area contributed by atoms with Gasteiger partial charge in [-0.3, -0.25) is 14.9 Å². The van der Waals surface area contributed by atoms with Crippen molar-refractivity contribution in [1.29, 1.82) is 0 Å². The van der Waals surface area contributed by atoms with Gasteiger partial charge in [0, 0.05) is 10.7 Å². The van der Waals surface area contributed by atoms with Crippen LogP contribution in [0.3, 0.4) is 0 Å². The van der Waals surface area contributed by atoms with Crippen molar-refractivity contribution in [2.24, 2.45) is 4.99 Å². The molecule has 0 unspecified atom stereocenters. The van der Waals surface area contributed by atoms with Crippen LogP contribution in [0.25, 0.3) is 5.69 Å². The highest BCUT2D eigenvalue weighted by molar-refractivity contribution is 6.30. The minimum atomic E-state index is -0.344. The predicted molar refractivity (Wildman–Crippen MR) is 108 cm³/mol. The van der Waals surface area contributed by atoms with E-state index in [1.807, 2.05) is 32.9 Å². The highest BCUT2D eigenvalue weighted by atomic mass is 35.5. The second-order valence-electron chi connectivity index (χ2n) is 6.46. The van der Waals surface area contributed by atoms with Crippen LogP contribution in [0.15, 0.2) is 52.3 Å². The standard InChI is InChI=1S/C21H21ClFN3O/c1-4-5-19-20(14(3)24-18-11-6-15(22)12-13(18)2)21(27)26(25-19)17-9-7-16(23)8-10-17/h6-12,25H,4-5H2,1-3H3. The van der Waals surface area contributed by atoms with Crippen molar-refractivity contribution in [2.75, 3.05) is 0 Å². The molecule has 0 fully saturated rings. The summed E-state index contributed by atoms with van der Waals surface area (Å²) in [5, 5.41) is 3.81. The minimum Gasteiger partial charge on any atom is -0.294 e. The number of rotatable bonds is 5. The van der Waals surface area contributed by atoms with Crippen LogP contribution < -0.4 is 5.56 Å². The molecule has 3 aromatic rings. The Labute approximate surface area is 162 Å². The average molecular weight is 386 g/mol. The fourth-order valence-electron chi connectivity index (χ4n) is 3.04. The van der Waals surface area contributed by atoms with Gasteiger partial charge in [0.25, 0.3) is 5.56 Å². The van der Waals surface area contributed by atoms with Crippen LogP contribution in [0.1, 0.15) is 37.1 Å². The first-order valence-corrected chi connectivity index (χ1v) is 9.20. The lowest BCUT2D eigenvalue weighted by molar-refractivity contribution is 0.626. The maximum Gasteiger partial charge on any atom is 0.280 e. The average Bonchev–Trinajstić information content (AvgIpc) is 2.95. The van der Waals surface area contributed by atoms with E-state index in [-0.39, 0.29) is 11.4 Å². The molecule has 1 aromatic heterocycles. The van der Waals surface area contributed by atoms with Gasteiger partial charge in [-0.1, -0.05) is 24.9 Å². The van der Waals surface area contributed by atoms with E-state index in [0.717, 1.165) is 23.4 Å². The van der Waals surface area contributed by atoms with Crippen molar-refractivity contribution >= 4 is 23.0 Å². The van der Waals surface area contributed by atoms with Crippen molar-refractivity contribution in [3.05, 3.63) is 80.5 Å². The van der Waals surface area contributed by atoms with Crippen LogP contribution in [-0.4, -0.2) is 15.5 Å². The summed E-state index contributed by atoms with van der Waals surface area (Å²) in [6.07, 6.45) is 1.59. The summed E-state index contributed by atoms with van der Waals surface area (Å²) in [5.41, 5.74) is 4.10. The molecule has 1 N–H and O–H groups in total. The van der Waals surface area contributed by atoms with Crippen molar-refractivity contribution in [3.63, 3.8) is 0 Å². The van der Waals surface area contributed by atoms with Crippen LogP contribution >= 0.6 is 11.6 Å². The van der Waals surface area contributed by atoms with E-state index < -0.39 is 0 Å². The summed E-state index contributed by atoms with van der Waals surface area (Å²) in [7, 11) is 0. The fourth-order valence-corrected chi connectivity index (χ4v) is 3.27. The molecule has 140 valence electrons. The lowest BCUT2D eigenvalue weighted by atomic mass is 10.1. The van der Waals surface area contributed by atoms with Gasteiger partial charge in [-0.15, -0.1) is 0 Å². The lowest BCUT2D eigenvalue weighted by Crippen LogP contribution is -2.19. The van der Waals surface area contributed by atoms with Crippen LogP contribution in [0, 0.1) is 12.7 Å². The normalized spacial score (nSPS) is 11.8. The Balaban J connectivity index is 2.12. The largest absolute Gasteiger partial charge is 0.294 e. The third kappa shape index (κ3) is 4.03. The van der Waals surface area contributed by atoms with E-state index in [9.17, 15) is 9.18 Å². The van der Waals surface area contributed by atoms with E-state index in [1.54, 1.807) is 18.2 Å². The van der Waals surface area contributed by atoms with Gasteiger partial charge in [-0.25, -0.2) is 9.07 Å². The summed E-state index contributed by atoms with van der Waals surface area (Å²) in [6.45, 7) is 5.80. The van der Waals surface area contributed by atoms with Crippen LogP contribution in [0.2, 0.25) is 5.02 Å². The van der Waals surface area contributed by atoms with Crippen LogP contribution in [0.5, 0.6) is 0 Å². The first-order valence-electron chi connectivity index (χ1n) is 8.82. The van der Waals surface area contributed by atoms with Crippen molar-refractivity contribution in [3.8, 4) is 5.69 Å². The number of benzene rings is 2. The SMILES string of the molecule is CCCc1[nH]n(-c2ccc(F)cc2)c(=O)c1C(C)=Nc1ccc(Cl)cc1C. The fraction of sp³-hybridized carbons (Fsp3) is 0.238. The first-order chi connectivity index (χ1) is 12.9. The number of aliphatic imine (C=N–C) groups is 1. The number of nitrogens with one attached hydrogen (secondary N) is 1. The molecule has 0 aliphatic carbocycles. The van der Waals surface area contributed by atoms with E-state index in [0.29, 0.717) is 28.4 Å². The Hall–Kier alpha value is -2.66. The maximum atomic E-state index is 13.2. The maximum absolute atomic E-state index is 13.2. The van der Waals surface area contributed by atoms with Gasteiger partial charge in [0.2, 0.25) is 0 Å². The molecule has 3 rings (SSSR count). The number of halogens is 2. The van der Waals surface area contributed by atoms with Crippen molar-refractivity contribution < 1.29 is 4.39 Å². The number of aromatic nitrogens is 2. The van der Waals surface area contributed by atoms with Gasteiger partial charge < -0.3 is 0 Å².